The minimum atomic E-state index is -4.46. The number of hydrogen-bond acceptors (Lipinski definition) is 4. The fourth-order valence-corrected chi connectivity index (χ4v) is 2.24. The van der Waals surface area contributed by atoms with Gasteiger partial charge in [0.1, 0.15) is 11.9 Å². The molecule has 2 rings (SSSR count). The van der Waals surface area contributed by atoms with Crippen LogP contribution in [0.2, 0.25) is 0 Å². The standard InChI is InChI=1S/C12H14F3N3O2/c1-20-8-5-9(11(16)19)18(6-8)10-4-7(2-3-17-10)12(13,14)15/h2-4,8-9H,5-6H2,1H3,(H2,16,19)/t8-,9-/m0/s1. The molecule has 20 heavy (non-hydrogen) atoms. The molecule has 1 aliphatic rings. The molecule has 1 aromatic heterocycles. The van der Waals surface area contributed by atoms with Gasteiger partial charge >= 0.3 is 6.18 Å². The van der Waals surface area contributed by atoms with Gasteiger partial charge in [-0.05, 0) is 12.1 Å². The first-order chi connectivity index (χ1) is 9.32. The molecule has 5 nitrogen and oxygen atoms in total. The Hall–Kier alpha value is -1.83. The summed E-state index contributed by atoms with van der Waals surface area (Å²) in [5.41, 5.74) is 4.47. The normalized spacial score (nSPS) is 23.1. The highest BCUT2D eigenvalue weighted by molar-refractivity contribution is 5.84. The maximum absolute atomic E-state index is 12.7. The van der Waals surface area contributed by atoms with E-state index in [0.29, 0.717) is 6.42 Å². The van der Waals surface area contributed by atoms with Gasteiger partial charge in [-0.3, -0.25) is 4.79 Å². The number of primary amides is 1. The summed E-state index contributed by atoms with van der Waals surface area (Å²) in [6, 6.07) is 1.08. The Balaban J connectivity index is 2.32. The van der Waals surface area contributed by atoms with E-state index in [1.165, 1.54) is 12.0 Å². The second kappa shape index (κ2) is 5.28. The monoisotopic (exact) mass is 289 g/mol. The number of carbonyl (C=O) groups excluding carboxylic acids is 1. The van der Waals surface area contributed by atoms with E-state index in [1.807, 2.05) is 0 Å². The second-order valence-corrected chi connectivity index (χ2v) is 4.56. The maximum atomic E-state index is 12.7. The van der Waals surface area contributed by atoms with E-state index < -0.39 is 23.7 Å². The topological polar surface area (TPSA) is 68.5 Å². The third kappa shape index (κ3) is 2.84. The van der Waals surface area contributed by atoms with E-state index >= 15 is 0 Å². The van der Waals surface area contributed by atoms with Gasteiger partial charge in [-0.25, -0.2) is 4.98 Å². The number of rotatable bonds is 3. The molecule has 0 saturated carbocycles. The number of carbonyl (C=O) groups is 1. The highest BCUT2D eigenvalue weighted by Crippen LogP contribution is 2.32. The number of anilines is 1. The minimum Gasteiger partial charge on any atom is -0.380 e. The zero-order chi connectivity index (χ0) is 14.9. The van der Waals surface area contributed by atoms with Crippen LogP contribution >= 0.6 is 0 Å². The van der Waals surface area contributed by atoms with Crippen LogP contribution in [-0.2, 0) is 15.7 Å². The average molecular weight is 289 g/mol. The molecule has 110 valence electrons. The third-order valence-electron chi connectivity index (χ3n) is 3.29. The number of alkyl halides is 3. The fraction of sp³-hybridized carbons (Fsp3) is 0.500. The highest BCUT2D eigenvalue weighted by Gasteiger charge is 2.38. The van der Waals surface area contributed by atoms with E-state index in [-0.39, 0.29) is 18.5 Å². The molecular formula is C12H14F3N3O2. The Kier molecular flexibility index (Phi) is 3.85. The molecular weight excluding hydrogens is 275 g/mol. The molecule has 1 amide bonds. The van der Waals surface area contributed by atoms with E-state index in [2.05, 4.69) is 4.98 Å². The molecule has 1 aliphatic heterocycles. The summed E-state index contributed by atoms with van der Waals surface area (Å²) in [5, 5.41) is 0. The fourth-order valence-electron chi connectivity index (χ4n) is 2.24. The molecule has 0 unspecified atom stereocenters. The van der Waals surface area contributed by atoms with E-state index in [0.717, 1.165) is 18.3 Å². The van der Waals surface area contributed by atoms with Gasteiger partial charge in [0.05, 0.1) is 11.7 Å². The molecule has 2 atom stereocenters. The summed E-state index contributed by atoms with van der Waals surface area (Å²) in [4.78, 5) is 16.8. The van der Waals surface area contributed by atoms with Crippen molar-refractivity contribution in [3.05, 3.63) is 23.9 Å². The van der Waals surface area contributed by atoms with Crippen LogP contribution < -0.4 is 10.6 Å². The van der Waals surface area contributed by atoms with Crippen molar-refractivity contribution < 1.29 is 22.7 Å². The van der Waals surface area contributed by atoms with E-state index in [1.54, 1.807) is 0 Å². The lowest BCUT2D eigenvalue weighted by atomic mass is 10.2. The lowest BCUT2D eigenvalue weighted by molar-refractivity contribution is -0.137. The molecule has 0 radical (unpaired) electrons. The predicted octanol–water partition coefficient (Wildman–Crippen LogP) is 1.18. The van der Waals surface area contributed by atoms with E-state index in [9.17, 15) is 18.0 Å². The minimum absolute atomic E-state index is 0.0724. The molecule has 1 aromatic rings. The van der Waals surface area contributed by atoms with Crippen molar-refractivity contribution in [2.24, 2.45) is 5.73 Å². The van der Waals surface area contributed by atoms with E-state index in [4.69, 9.17) is 10.5 Å². The van der Waals surface area contributed by atoms with Crippen molar-refractivity contribution in [2.45, 2.75) is 24.7 Å². The lowest BCUT2D eigenvalue weighted by Crippen LogP contribution is -2.40. The third-order valence-corrected chi connectivity index (χ3v) is 3.29. The quantitative estimate of drug-likeness (QED) is 0.907. The number of halogens is 3. The van der Waals surface area contributed by atoms with Crippen molar-refractivity contribution in [3.63, 3.8) is 0 Å². The van der Waals surface area contributed by atoms with Crippen LogP contribution in [0.1, 0.15) is 12.0 Å². The van der Waals surface area contributed by atoms with Crippen LogP contribution in [0.5, 0.6) is 0 Å². The molecule has 8 heteroatoms. The molecule has 1 saturated heterocycles. The van der Waals surface area contributed by atoms with Crippen LogP contribution in [-0.4, -0.2) is 36.7 Å². The highest BCUT2D eigenvalue weighted by atomic mass is 19.4. The first kappa shape index (κ1) is 14.6. The molecule has 2 heterocycles. The number of hydrogen-bond donors (Lipinski definition) is 1. The number of pyridine rings is 1. The van der Waals surface area contributed by atoms with Gasteiger partial charge in [0.25, 0.3) is 0 Å². The molecule has 0 aliphatic carbocycles. The second-order valence-electron chi connectivity index (χ2n) is 4.56. The number of nitrogens with zero attached hydrogens (tertiary/aromatic N) is 2. The van der Waals surface area contributed by atoms with Crippen LogP contribution in [0.4, 0.5) is 19.0 Å². The molecule has 0 spiro atoms. The Morgan fingerprint density at radius 3 is 2.80 bits per heavy atom. The Labute approximate surface area is 113 Å². The number of ether oxygens (including phenoxy) is 1. The zero-order valence-corrected chi connectivity index (χ0v) is 10.7. The smallest absolute Gasteiger partial charge is 0.380 e. The summed E-state index contributed by atoms with van der Waals surface area (Å²) in [7, 11) is 1.48. The van der Waals surface area contributed by atoms with Crippen LogP contribution in [0.25, 0.3) is 0 Å². The largest absolute Gasteiger partial charge is 0.416 e. The van der Waals surface area contributed by atoms with Crippen molar-refractivity contribution in [1.29, 1.82) is 0 Å². The number of nitrogens with two attached hydrogens (primary N) is 1. The summed E-state index contributed by atoms with van der Waals surface area (Å²) in [6.45, 7) is 0.276. The molecule has 0 aromatic carbocycles. The molecule has 0 bridgehead atoms. The number of methoxy groups -OCH3 is 1. The molecule has 1 fully saturated rings. The summed E-state index contributed by atoms with van der Waals surface area (Å²) >= 11 is 0. The first-order valence-corrected chi connectivity index (χ1v) is 5.95. The summed E-state index contributed by atoms with van der Waals surface area (Å²) in [6.07, 6.45) is -3.32. The number of amides is 1. The first-order valence-electron chi connectivity index (χ1n) is 5.95. The lowest BCUT2D eigenvalue weighted by Gasteiger charge is -2.23. The van der Waals surface area contributed by atoms with Gasteiger partial charge in [-0.2, -0.15) is 13.2 Å². The molecule has 2 N–H and O–H groups in total. The van der Waals surface area contributed by atoms with Crippen LogP contribution in [0.15, 0.2) is 18.3 Å². The van der Waals surface area contributed by atoms with Crippen molar-refractivity contribution in [2.75, 3.05) is 18.6 Å². The van der Waals surface area contributed by atoms with Crippen molar-refractivity contribution >= 4 is 11.7 Å². The SMILES string of the molecule is CO[C@H]1C[C@@H](C(N)=O)N(c2cc(C(F)(F)F)ccn2)C1. The summed E-state index contributed by atoms with van der Waals surface area (Å²) < 4.78 is 43.2. The van der Waals surface area contributed by atoms with Crippen LogP contribution in [0, 0.1) is 0 Å². The zero-order valence-electron chi connectivity index (χ0n) is 10.7. The predicted molar refractivity (Wildman–Crippen MR) is 65.0 cm³/mol. The van der Waals surface area contributed by atoms with Gasteiger partial charge in [0.2, 0.25) is 5.91 Å². The number of aromatic nitrogens is 1. The van der Waals surface area contributed by atoms with Crippen molar-refractivity contribution in [3.8, 4) is 0 Å². The van der Waals surface area contributed by atoms with Crippen molar-refractivity contribution in [1.82, 2.24) is 4.98 Å². The maximum Gasteiger partial charge on any atom is 0.416 e. The Bertz CT molecular complexity index is 507. The Morgan fingerprint density at radius 2 is 2.25 bits per heavy atom. The van der Waals surface area contributed by atoms with Crippen LogP contribution in [0.3, 0.4) is 0 Å². The van der Waals surface area contributed by atoms with Gasteiger partial charge in [0.15, 0.2) is 0 Å². The average Bonchev–Trinajstić information content (AvgIpc) is 2.82. The van der Waals surface area contributed by atoms with Gasteiger partial charge in [0, 0.05) is 26.3 Å². The van der Waals surface area contributed by atoms with Gasteiger partial charge < -0.3 is 15.4 Å². The van der Waals surface area contributed by atoms with Gasteiger partial charge in [-0.1, -0.05) is 0 Å². The summed E-state index contributed by atoms with van der Waals surface area (Å²) in [5.74, 6) is -0.535. The Morgan fingerprint density at radius 1 is 1.55 bits per heavy atom. The van der Waals surface area contributed by atoms with Gasteiger partial charge in [-0.15, -0.1) is 0 Å².